The second-order valence-corrected chi connectivity index (χ2v) is 10.4. The fraction of sp³-hybridized carbons (Fsp3) is 0.690. The van der Waals surface area contributed by atoms with E-state index in [4.69, 9.17) is 12.2 Å². The standard InChI is InChI=1S/C29H47N3O2S/c1-3-4-5-6-7-8-9-10-11-12-16-23-27(33)31-29(35)30-26-22-18-17-21-25(26)28(34)32(2)24-19-14-13-15-20-24/h17-18,21-22,24H,3-16,19-20,23H2,1-2H3,(H2,30,31,33,35). The van der Waals surface area contributed by atoms with E-state index in [9.17, 15) is 9.59 Å². The van der Waals surface area contributed by atoms with Gasteiger partial charge in [0.15, 0.2) is 5.11 Å². The first-order chi connectivity index (χ1) is 17.0. The normalized spacial score (nSPS) is 13.9. The minimum absolute atomic E-state index is 0.00455. The molecule has 35 heavy (non-hydrogen) atoms. The number of carbonyl (C=O) groups excluding carboxylic acids is 2. The highest BCUT2D eigenvalue weighted by molar-refractivity contribution is 7.80. The minimum Gasteiger partial charge on any atom is -0.339 e. The van der Waals surface area contributed by atoms with E-state index in [1.165, 1.54) is 77.0 Å². The highest BCUT2D eigenvalue weighted by Crippen LogP contribution is 2.25. The third kappa shape index (κ3) is 11.6. The molecule has 0 spiro atoms. The van der Waals surface area contributed by atoms with Crippen LogP contribution in [-0.2, 0) is 4.79 Å². The molecule has 1 aliphatic carbocycles. The van der Waals surface area contributed by atoms with E-state index < -0.39 is 0 Å². The highest BCUT2D eigenvalue weighted by atomic mass is 32.1. The summed E-state index contributed by atoms with van der Waals surface area (Å²) in [4.78, 5) is 27.3. The summed E-state index contributed by atoms with van der Waals surface area (Å²) in [5.41, 5.74) is 1.22. The van der Waals surface area contributed by atoms with Crippen LogP contribution in [0.3, 0.4) is 0 Å². The molecule has 5 nitrogen and oxygen atoms in total. The average molecular weight is 502 g/mol. The van der Waals surface area contributed by atoms with Crippen molar-refractivity contribution in [1.82, 2.24) is 10.2 Å². The van der Waals surface area contributed by atoms with Crippen LogP contribution < -0.4 is 10.6 Å². The molecule has 0 heterocycles. The van der Waals surface area contributed by atoms with Gasteiger partial charge in [-0.2, -0.15) is 0 Å². The minimum atomic E-state index is -0.0680. The van der Waals surface area contributed by atoms with E-state index in [1.54, 1.807) is 0 Å². The number of rotatable bonds is 15. The van der Waals surface area contributed by atoms with Crippen molar-refractivity contribution in [2.24, 2.45) is 0 Å². The molecule has 1 aromatic rings. The van der Waals surface area contributed by atoms with Crippen LogP contribution in [0.25, 0.3) is 0 Å². The van der Waals surface area contributed by atoms with Gasteiger partial charge in [0, 0.05) is 19.5 Å². The van der Waals surface area contributed by atoms with Crippen molar-refractivity contribution in [3.8, 4) is 0 Å². The Morgan fingerprint density at radius 1 is 0.886 bits per heavy atom. The summed E-state index contributed by atoms with van der Waals surface area (Å²) in [7, 11) is 1.89. The van der Waals surface area contributed by atoms with Crippen molar-refractivity contribution < 1.29 is 9.59 Å². The van der Waals surface area contributed by atoms with Crippen LogP contribution in [0.2, 0.25) is 0 Å². The van der Waals surface area contributed by atoms with Crippen molar-refractivity contribution >= 4 is 34.8 Å². The molecule has 2 N–H and O–H groups in total. The maximum Gasteiger partial charge on any atom is 0.255 e. The molecule has 6 heteroatoms. The van der Waals surface area contributed by atoms with Crippen LogP contribution in [0.5, 0.6) is 0 Å². The Morgan fingerprint density at radius 2 is 1.46 bits per heavy atom. The summed E-state index contributed by atoms with van der Waals surface area (Å²) in [6.45, 7) is 2.25. The number of nitrogens with zero attached hydrogens (tertiary/aromatic N) is 1. The largest absolute Gasteiger partial charge is 0.339 e. The fourth-order valence-corrected chi connectivity index (χ4v) is 5.12. The molecule has 2 rings (SSSR count). The van der Waals surface area contributed by atoms with Crippen LogP contribution in [0, 0.1) is 0 Å². The summed E-state index contributed by atoms with van der Waals surface area (Å²) in [5, 5.41) is 6.10. The first kappa shape index (κ1) is 29.3. The van der Waals surface area contributed by atoms with Crippen LogP contribution in [0.4, 0.5) is 5.69 Å². The second kappa shape index (κ2) is 17.5. The molecule has 1 fully saturated rings. The number of hydrogen-bond donors (Lipinski definition) is 2. The Morgan fingerprint density at radius 3 is 2.09 bits per heavy atom. The Labute approximate surface area is 218 Å². The SMILES string of the molecule is CCCCCCCCCCCCCC(=O)NC(=S)Nc1ccccc1C(=O)N(C)C1CCCCC1. The number of para-hydroxylation sites is 1. The Balaban J connectivity index is 1.66. The van der Waals surface area contributed by atoms with Gasteiger partial charge in [0.1, 0.15) is 0 Å². The van der Waals surface area contributed by atoms with Crippen molar-refractivity contribution in [3.05, 3.63) is 29.8 Å². The molecule has 1 aliphatic rings. The van der Waals surface area contributed by atoms with Gasteiger partial charge in [-0.25, -0.2) is 0 Å². The van der Waals surface area contributed by atoms with E-state index in [0.717, 1.165) is 25.7 Å². The van der Waals surface area contributed by atoms with E-state index in [0.29, 0.717) is 23.7 Å². The number of carbonyl (C=O) groups is 2. The van der Waals surface area contributed by atoms with E-state index >= 15 is 0 Å². The summed E-state index contributed by atoms with van der Waals surface area (Å²) >= 11 is 5.37. The molecule has 0 saturated heterocycles. The number of hydrogen-bond acceptors (Lipinski definition) is 3. The maximum atomic E-state index is 13.2. The first-order valence-electron chi connectivity index (χ1n) is 14.0. The van der Waals surface area contributed by atoms with Crippen molar-refractivity contribution in [1.29, 1.82) is 0 Å². The van der Waals surface area contributed by atoms with Gasteiger partial charge >= 0.3 is 0 Å². The third-order valence-electron chi connectivity index (χ3n) is 7.11. The number of unbranched alkanes of at least 4 members (excludes halogenated alkanes) is 10. The molecule has 0 aromatic heterocycles. The van der Waals surface area contributed by atoms with Gasteiger partial charge in [-0.15, -0.1) is 0 Å². The van der Waals surface area contributed by atoms with Crippen LogP contribution in [0.15, 0.2) is 24.3 Å². The maximum absolute atomic E-state index is 13.2. The molecule has 0 bridgehead atoms. The number of anilines is 1. The van der Waals surface area contributed by atoms with Gasteiger partial charge < -0.3 is 15.5 Å². The third-order valence-corrected chi connectivity index (χ3v) is 7.31. The van der Waals surface area contributed by atoms with Gasteiger partial charge in [0.25, 0.3) is 5.91 Å². The predicted molar refractivity (Wildman–Crippen MR) is 151 cm³/mol. The zero-order valence-electron chi connectivity index (χ0n) is 22.1. The molecule has 1 saturated carbocycles. The molecule has 196 valence electrons. The molecule has 0 unspecified atom stereocenters. The lowest BCUT2D eigenvalue weighted by atomic mass is 9.94. The van der Waals surface area contributed by atoms with Crippen LogP contribution >= 0.6 is 12.2 Å². The van der Waals surface area contributed by atoms with Crippen LogP contribution in [-0.4, -0.2) is 34.9 Å². The molecule has 1 aromatic carbocycles. The quantitative estimate of drug-likeness (QED) is 0.192. The lowest BCUT2D eigenvalue weighted by molar-refractivity contribution is -0.119. The van der Waals surface area contributed by atoms with E-state index in [1.807, 2.05) is 36.2 Å². The van der Waals surface area contributed by atoms with Gasteiger partial charge in [-0.1, -0.05) is 103 Å². The molecular formula is C29H47N3O2S. The Bertz CT molecular complexity index is 777. The Hall–Kier alpha value is -1.95. The zero-order chi connectivity index (χ0) is 25.3. The van der Waals surface area contributed by atoms with Crippen molar-refractivity contribution in [2.75, 3.05) is 12.4 Å². The lowest BCUT2D eigenvalue weighted by Crippen LogP contribution is -2.39. The average Bonchev–Trinajstić information content (AvgIpc) is 2.87. The molecule has 0 atom stereocenters. The number of nitrogens with one attached hydrogen (secondary N) is 2. The molecular weight excluding hydrogens is 454 g/mol. The highest BCUT2D eigenvalue weighted by Gasteiger charge is 2.24. The number of thiocarbonyl (C=S) groups is 1. The summed E-state index contributed by atoms with van der Waals surface area (Å²) in [6.07, 6.45) is 20.0. The van der Waals surface area contributed by atoms with Crippen molar-refractivity contribution in [2.45, 2.75) is 122 Å². The summed E-state index contributed by atoms with van der Waals surface area (Å²) < 4.78 is 0. The zero-order valence-corrected chi connectivity index (χ0v) is 22.9. The van der Waals surface area contributed by atoms with E-state index in [-0.39, 0.29) is 16.9 Å². The first-order valence-corrected chi connectivity index (χ1v) is 14.4. The topological polar surface area (TPSA) is 61.4 Å². The molecule has 2 amide bonds. The lowest BCUT2D eigenvalue weighted by Gasteiger charge is -2.31. The number of benzene rings is 1. The summed E-state index contributed by atoms with van der Waals surface area (Å²) in [6, 6.07) is 7.68. The summed E-state index contributed by atoms with van der Waals surface area (Å²) in [5.74, 6) is -0.0726. The van der Waals surface area contributed by atoms with Crippen molar-refractivity contribution in [3.63, 3.8) is 0 Å². The predicted octanol–water partition coefficient (Wildman–Crippen LogP) is 7.61. The second-order valence-electron chi connectivity index (χ2n) is 10.0. The smallest absolute Gasteiger partial charge is 0.255 e. The fourth-order valence-electron chi connectivity index (χ4n) is 4.90. The van der Waals surface area contributed by atoms with Gasteiger partial charge in [0.05, 0.1) is 11.3 Å². The van der Waals surface area contributed by atoms with Crippen LogP contribution in [0.1, 0.15) is 126 Å². The molecule has 0 radical (unpaired) electrons. The van der Waals surface area contributed by atoms with E-state index in [2.05, 4.69) is 17.6 Å². The van der Waals surface area contributed by atoms with Gasteiger partial charge in [-0.3, -0.25) is 9.59 Å². The Kier molecular flexibility index (Phi) is 14.6. The monoisotopic (exact) mass is 501 g/mol. The van der Waals surface area contributed by atoms with Gasteiger partial charge in [0.2, 0.25) is 5.91 Å². The number of amides is 2. The van der Waals surface area contributed by atoms with Gasteiger partial charge in [-0.05, 0) is 43.6 Å². The molecule has 0 aliphatic heterocycles.